The van der Waals surface area contributed by atoms with Gasteiger partial charge in [-0.15, -0.1) is 0 Å². The molecule has 0 aliphatic rings. The summed E-state index contributed by atoms with van der Waals surface area (Å²) in [6.45, 7) is 2.04. The second-order valence-electron chi connectivity index (χ2n) is 2.78. The first-order valence-electron chi connectivity index (χ1n) is 4.52. The maximum Gasteiger partial charge on any atom is 0.311 e. The Morgan fingerprint density at radius 3 is 2.87 bits per heavy atom. The molecule has 4 nitrogen and oxygen atoms in total. The number of methoxy groups -OCH3 is 1. The number of rotatable bonds is 4. The molecule has 0 spiro atoms. The number of hydrogen-bond acceptors (Lipinski definition) is 4. The molecular weight excluding hydrogens is 201 g/mol. The third-order valence-corrected chi connectivity index (χ3v) is 1.70. The second kappa shape index (κ2) is 5.29. The molecule has 82 valence electrons. The SMILES string of the molecule is CCOC(=O)Cc1ccc(F)c(OC)n1. The summed E-state index contributed by atoms with van der Waals surface area (Å²) in [4.78, 5) is 14.9. The van der Waals surface area contributed by atoms with Crippen molar-refractivity contribution in [2.24, 2.45) is 0 Å². The maximum absolute atomic E-state index is 13.0. The van der Waals surface area contributed by atoms with E-state index in [1.165, 1.54) is 19.2 Å². The van der Waals surface area contributed by atoms with E-state index in [9.17, 15) is 9.18 Å². The van der Waals surface area contributed by atoms with Crippen LogP contribution in [0.25, 0.3) is 0 Å². The zero-order valence-electron chi connectivity index (χ0n) is 8.62. The van der Waals surface area contributed by atoms with Crippen molar-refractivity contribution in [2.45, 2.75) is 13.3 Å². The number of halogens is 1. The molecule has 0 amide bonds. The van der Waals surface area contributed by atoms with E-state index in [0.717, 1.165) is 0 Å². The van der Waals surface area contributed by atoms with Gasteiger partial charge in [0.15, 0.2) is 5.82 Å². The van der Waals surface area contributed by atoms with Crippen LogP contribution in [0.2, 0.25) is 0 Å². The first-order valence-corrected chi connectivity index (χ1v) is 4.52. The van der Waals surface area contributed by atoms with E-state index in [-0.39, 0.29) is 12.3 Å². The van der Waals surface area contributed by atoms with Crippen LogP contribution in [0.5, 0.6) is 5.88 Å². The number of pyridine rings is 1. The Morgan fingerprint density at radius 2 is 2.27 bits per heavy atom. The normalized spacial score (nSPS) is 9.80. The number of nitrogens with zero attached hydrogens (tertiary/aromatic N) is 1. The highest BCUT2D eigenvalue weighted by Crippen LogP contribution is 2.13. The van der Waals surface area contributed by atoms with Crippen LogP contribution in [-0.2, 0) is 16.0 Å². The van der Waals surface area contributed by atoms with E-state index in [1.807, 2.05) is 0 Å². The van der Waals surface area contributed by atoms with Gasteiger partial charge < -0.3 is 9.47 Å². The summed E-state index contributed by atoms with van der Waals surface area (Å²) < 4.78 is 22.4. The van der Waals surface area contributed by atoms with Crippen molar-refractivity contribution in [1.82, 2.24) is 4.98 Å². The predicted molar refractivity (Wildman–Crippen MR) is 51.1 cm³/mol. The lowest BCUT2D eigenvalue weighted by Gasteiger charge is -2.04. The number of hydrogen-bond donors (Lipinski definition) is 0. The monoisotopic (exact) mass is 213 g/mol. The minimum atomic E-state index is -0.551. The maximum atomic E-state index is 13.0. The molecule has 0 aliphatic heterocycles. The van der Waals surface area contributed by atoms with E-state index in [0.29, 0.717) is 12.3 Å². The molecule has 0 atom stereocenters. The summed E-state index contributed by atoms with van der Waals surface area (Å²) in [6.07, 6.45) is 0.0183. The molecule has 0 aromatic carbocycles. The molecule has 1 heterocycles. The Labute approximate surface area is 87.0 Å². The van der Waals surface area contributed by atoms with Crippen molar-refractivity contribution in [1.29, 1.82) is 0 Å². The van der Waals surface area contributed by atoms with Gasteiger partial charge in [0.25, 0.3) is 0 Å². The summed E-state index contributed by atoms with van der Waals surface area (Å²) in [5.74, 6) is -1.06. The molecule has 1 aromatic rings. The Bertz CT molecular complexity index is 355. The third-order valence-electron chi connectivity index (χ3n) is 1.70. The van der Waals surface area contributed by atoms with Gasteiger partial charge >= 0.3 is 5.97 Å². The summed E-state index contributed by atoms with van der Waals surface area (Å²) in [7, 11) is 1.32. The minimum absolute atomic E-state index is 0.0183. The second-order valence-corrected chi connectivity index (χ2v) is 2.78. The Balaban J connectivity index is 2.74. The number of aromatic nitrogens is 1. The Kier molecular flexibility index (Phi) is 4.03. The number of ether oxygens (including phenoxy) is 2. The highest BCUT2D eigenvalue weighted by atomic mass is 19.1. The smallest absolute Gasteiger partial charge is 0.311 e. The summed E-state index contributed by atoms with van der Waals surface area (Å²) in [5.41, 5.74) is 0.423. The Hall–Kier alpha value is -1.65. The molecule has 1 rings (SSSR count). The van der Waals surface area contributed by atoms with E-state index in [4.69, 9.17) is 4.74 Å². The van der Waals surface area contributed by atoms with Gasteiger partial charge in [0.05, 0.1) is 25.8 Å². The van der Waals surface area contributed by atoms with Gasteiger partial charge in [-0.25, -0.2) is 9.37 Å². The van der Waals surface area contributed by atoms with Gasteiger partial charge in [0.1, 0.15) is 0 Å². The molecule has 0 unspecified atom stereocenters. The lowest BCUT2D eigenvalue weighted by Crippen LogP contribution is -2.09. The van der Waals surface area contributed by atoms with Crippen molar-refractivity contribution in [3.05, 3.63) is 23.6 Å². The van der Waals surface area contributed by atoms with Gasteiger partial charge in [0, 0.05) is 0 Å². The zero-order chi connectivity index (χ0) is 11.3. The number of esters is 1. The van der Waals surface area contributed by atoms with Crippen LogP contribution in [0.4, 0.5) is 4.39 Å². The lowest BCUT2D eigenvalue weighted by molar-refractivity contribution is -0.142. The molecule has 0 aliphatic carbocycles. The van der Waals surface area contributed by atoms with E-state index < -0.39 is 11.8 Å². The van der Waals surface area contributed by atoms with Crippen molar-refractivity contribution in [3.8, 4) is 5.88 Å². The molecule has 0 saturated heterocycles. The van der Waals surface area contributed by atoms with Crippen LogP contribution in [0.15, 0.2) is 12.1 Å². The molecular formula is C10H12FNO3. The van der Waals surface area contributed by atoms with Gasteiger partial charge in [-0.3, -0.25) is 4.79 Å². The quantitative estimate of drug-likeness (QED) is 0.708. The topological polar surface area (TPSA) is 48.4 Å². The van der Waals surface area contributed by atoms with Gasteiger partial charge in [-0.2, -0.15) is 0 Å². The minimum Gasteiger partial charge on any atom is -0.479 e. The van der Waals surface area contributed by atoms with E-state index in [2.05, 4.69) is 9.72 Å². The third kappa shape index (κ3) is 3.19. The van der Waals surface area contributed by atoms with Crippen LogP contribution in [0.3, 0.4) is 0 Å². The zero-order valence-corrected chi connectivity index (χ0v) is 8.62. The van der Waals surface area contributed by atoms with Gasteiger partial charge in [0.2, 0.25) is 5.88 Å². The Morgan fingerprint density at radius 1 is 1.53 bits per heavy atom. The predicted octanol–water partition coefficient (Wildman–Crippen LogP) is 1.33. The molecule has 0 bridgehead atoms. The molecule has 5 heteroatoms. The fourth-order valence-corrected chi connectivity index (χ4v) is 1.06. The van der Waals surface area contributed by atoms with Gasteiger partial charge in [-0.1, -0.05) is 0 Å². The fraction of sp³-hybridized carbons (Fsp3) is 0.400. The molecule has 15 heavy (non-hydrogen) atoms. The largest absolute Gasteiger partial charge is 0.479 e. The molecule has 0 fully saturated rings. The summed E-state index contributed by atoms with van der Waals surface area (Å²) >= 11 is 0. The molecule has 0 radical (unpaired) electrons. The molecule has 0 saturated carbocycles. The number of carbonyl (C=O) groups excluding carboxylic acids is 1. The lowest BCUT2D eigenvalue weighted by atomic mass is 10.3. The standard InChI is InChI=1S/C10H12FNO3/c1-3-15-9(13)6-7-4-5-8(11)10(12-7)14-2/h4-5H,3,6H2,1-2H3. The fourth-order valence-electron chi connectivity index (χ4n) is 1.06. The van der Waals surface area contributed by atoms with Crippen LogP contribution in [-0.4, -0.2) is 24.7 Å². The average molecular weight is 213 g/mol. The van der Waals surface area contributed by atoms with E-state index in [1.54, 1.807) is 6.92 Å². The van der Waals surface area contributed by atoms with Crippen molar-refractivity contribution >= 4 is 5.97 Å². The van der Waals surface area contributed by atoms with Crippen LogP contribution < -0.4 is 4.74 Å². The summed E-state index contributed by atoms with van der Waals surface area (Å²) in [5, 5.41) is 0. The first kappa shape index (κ1) is 11.4. The van der Waals surface area contributed by atoms with Crippen LogP contribution in [0.1, 0.15) is 12.6 Å². The van der Waals surface area contributed by atoms with E-state index >= 15 is 0 Å². The first-order chi connectivity index (χ1) is 7.17. The van der Waals surface area contributed by atoms with Crippen LogP contribution >= 0.6 is 0 Å². The number of carbonyl (C=O) groups is 1. The summed E-state index contributed by atoms with van der Waals surface area (Å²) in [6, 6.07) is 2.63. The molecule has 0 N–H and O–H groups in total. The van der Waals surface area contributed by atoms with Gasteiger partial charge in [-0.05, 0) is 19.1 Å². The van der Waals surface area contributed by atoms with Crippen molar-refractivity contribution < 1.29 is 18.7 Å². The highest BCUT2D eigenvalue weighted by Gasteiger charge is 2.09. The van der Waals surface area contributed by atoms with Crippen molar-refractivity contribution in [3.63, 3.8) is 0 Å². The van der Waals surface area contributed by atoms with Crippen molar-refractivity contribution in [2.75, 3.05) is 13.7 Å². The molecule has 1 aromatic heterocycles. The van der Waals surface area contributed by atoms with Crippen LogP contribution in [0, 0.1) is 5.82 Å². The highest BCUT2D eigenvalue weighted by molar-refractivity contribution is 5.71. The average Bonchev–Trinajstić information content (AvgIpc) is 2.21.